The first-order valence-electron chi connectivity index (χ1n) is 13.4. The number of nitrogens with zero attached hydrogens (tertiary/aromatic N) is 1. The maximum Gasteiger partial charge on any atom is 0.268 e. The van der Waals surface area contributed by atoms with E-state index in [0.29, 0.717) is 17.9 Å². The topological polar surface area (TPSA) is 94.3 Å². The van der Waals surface area contributed by atoms with Crippen molar-refractivity contribution >= 4 is 46.1 Å². The fourth-order valence-corrected chi connectivity index (χ4v) is 6.36. The molecule has 0 fully saturated rings. The number of hydrogen-bond donors (Lipinski definition) is 3. The predicted octanol–water partition coefficient (Wildman–Crippen LogP) is 5.46. The molecule has 4 aromatic carbocycles. The van der Waals surface area contributed by atoms with Gasteiger partial charge < -0.3 is 20.5 Å². The van der Waals surface area contributed by atoms with Crippen LogP contribution in [0.25, 0.3) is 10.9 Å². The van der Waals surface area contributed by atoms with Crippen molar-refractivity contribution in [3.63, 3.8) is 0 Å². The fraction of sp³-hybridized carbons (Fsp3) is 0.121. The van der Waals surface area contributed by atoms with Gasteiger partial charge in [-0.2, -0.15) is 0 Å². The zero-order valence-electron chi connectivity index (χ0n) is 22.1. The van der Waals surface area contributed by atoms with Gasteiger partial charge in [-0.1, -0.05) is 91.0 Å². The van der Waals surface area contributed by atoms with Crippen LogP contribution >= 0.6 is 11.8 Å². The molecule has 7 nitrogen and oxygen atoms in total. The van der Waals surface area contributed by atoms with E-state index >= 15 is 0 Å². The minimum absolute atomic E-state index is 0.177. The third kappa shape index (κ3) is 5.73. The lowest BCUT2D eigenvalue weighted by atomic mass is 10.0. The molecule has 0 spiro atoms. The molecule has 41 heavy (non-hydrogen) atoms. The number of nitrogens with one attached hydrogen (secondary N) is 3. The number of aromatic amines is 1. The maximum atomic E-state index is 14.3. The third-order valence-electron chi connectivity index (χ3n) is 7.07. The smallest absolute Gasteiger partial charge is 0.268 e. The summed E-state index contributed by atoms with van der Waals surface area (Å²) in [6.45, 7) is 0.175. The van der Waals surface area contributed by atoms with Crippen molar-refractivity contribution in [1.29, 1.82) is 0 Å². The Morgan fingerprint density at radius 1 is 0.829 bits per heavy atom. The molecule has 6 rings (SSSR count). The highest BCUT2D eigenvalue weighted by Gasteiger charge is 2.40. The zero-order chi connectivity index (χ0) is 28.2. The number of hydrogen-bond acceptors (Lipinski definition) is 4. The number of rotatable bonds is 7. The predicted molar refractivity (Wildman–Crippen MR) is 162 cm³/mol. The summed E-state index contributed by atoms with van der Waals surface area (Å²) in [5, 5.41) is 6.43. The largest absolute Gasteiger partial charge is 0.351 e. The van der Waals surface area contributed by atoms with Crippen LogP contribution in [0.5, 0.6) is 0 Å². The molecule has 0 saturated carbocycles. The van der Waals surface area contributed by atoms with E-state index < -0.39 is 11.3 Å². The second-order valence-electron chi connectivity index (χ2n) is 9.82. The highest BCUT2D eigenvalue weighted by molar-refractivity contribution is 7.99. The van der Waals surface area contributed by atoms with E-state index in [1.807, 2.05) is 109 Å². The van der Waals surface area contributed by atoms with Crippen molar-refractivity contribution in [1.82, 2.24) is 15.6 Å². The van der Waals surface area contributed by atoms with Gasteiger partial charge in [0.1, 0.15) is 18.3 Å². The monoisotopic (exact) mass is 560 g/mol. The number of anilines is 1. The first-order valence-corrected chi connectivity index (χ1v) is 14.3. The van der Waals surface area contributed by atoms with Crippen LogP contribution in [0, 0.1) is 0 Å². The summed E-state index contributed by atoms with van der Waals surface area (Å²) in [6.07, 6.45) is 0. The van der Waals surface area contributed by atoms with Crippen molar-refractivity contribution < 1.29 is 14.4 Å². The molecular formula is C33H28N4O3S. The van der Waals surface area contributed by atoms with E-state index in [0.717, 1.165) is 26.9 Å². The average molecular weight is 561 g/mol. The van der Waals surface area contributed by atoms with Gasteiger partial charge >= 0.3 is 0 Å². The first-order chi connectivity index (χ1) is 20.1. The van der Waals surface area contributed by atoms with Crippen molar-refractivity contribution in [2.45, 2.75) is 22.7 Å². The molecule has 0 bridgehead atoms. The second-order valence-corrected chi connectivity index (χ2v) is 11.0. The van der Waals surface area contributed by atoms with Gasteiger partial charge in [0.05, 0.1) is 10.9 Å². The Bertz CT molecular complexity index is 1670. The van der Waals surface area contributed by atoms with Gasteiger partial charge in [-0.15, -0.1) is 11.8 Å². The van der Waals surface area contributed by atoms with E-state index in [1.54, 1.807) is 6.07 Å². The molecule has 0 aliphatic carbocycles. The second kappa shape index (κ2) is 11.7. The Balaban J connectivity index is 1.33. The minimum Gasteiger partial charge on any atom is -0.351 e. The number of carbonyl (C=O) groups is 3. The number of aromatic nitrogens is 1. The number of fused-ring (bicyclic) bond motifs is 2. The highest BCUT2D eigenvalue weighted by atomic mass is 32.2. The van der Waals surface area contributed by atoms with E-state index in [-0.39, 0.29) is 24.3 Å². The molecule has 3 N–H and O–H groups in total. The Hall–Kier alpha value is -4.82. The van der Waals surface area contributed by atoms with Gasteiger partial charge in [0.15, 0.2) is 0 Å². The van der Waals surface area contributed by atoms with Crippen molar-refractivity contribution in [2.75, 3.05) is 11.4 Å². The maximum absolute atomic E-state index is 14.3. The van der Waals surface area contributed by atoms with Crippen LogP contribution in [0.15, 0.2) is 120 Å². The minimum atomic E-state index is -0.935. The molecule has 5 aromatic rings. The summed E-state index contributed by atoms with van der Waals surface area (Å²) in [5.41, 5.74) is 3.71. The van der Waals surface area contributed by atoms with E-state index in [2.05, 4.69) is 15.6 Å². The number of benzene rings is 4. The van der Waals surface area contributed by atoms with Crippen LogP contribution in [-0.2, 0) is 16.1 Å². The van der Waals surface area contributed by atoms with Gasteiger partial charge in [-0.25, -0.2) is 0 Å². The SMILES string of the molecule is O=C(CN1C(=O)[C@H](NC(=O)c2cc3ccccc3[nH]2)[C@@H](c2ccccc2)Sc2ccccc21)NCc1ccccc1. The van der Waals surface area contributed by atoms with Crippen LogP contribution in [-0.4, -0.2) is 35.3 Å². The number of H-pyrrole nitrogens is 1. The van der Waals surface area contributed by atoms with Gasteiger partial charge in [0, 0.05) is 22.3 Å². The summed E-state index contributed by atoms with van der Waals surface area (Å²) >= 11 is 1.51. The Kier molecular flexibility index (Phi) is 7.56. The lowest BCUT2D eigenvalue weighted by Gasteiger charge is -2.28. The average Bonchev–Trinajstić information content (AvgIpc) is 3.42. The summed E-state index contributed by atoms with van der Waals surface area (Å²) in [7, 11) is 0. The molecule has 2 heterocycles. The third-order valence-corrected chi connectivity index (χ3v) is 8.47. The van der Waals surface area contributed by atoms with Crippen LogP contribution in [0.3, 0.4) is 0 Å². The molecule has 0 radical (unpaired) electrons. The quantitative estimate of drug-likeness (QED) is 0.246. The van der Waals surface area contributed by atoms with Gasteiger partial charge in [-0.05, 0) is 35.4 Å². The molecule has 0 unspecified atom stereocenters. The Morgan fingerprint density at radius 2 is 1.51 bits per heavy atom. The van der Waals surface area contributed by atoms with E-state index in [4.69, 9.17) is 0 Å². The molecule has 1 aliphatic heterocycles. The molecule has 2 atom stereocenters. The van der Waals surface area contributed by atoms with E-state index in [1.165, 1.54) is 16.7 Å². The number of para-hydroxylation sites is 2. The molecule has 1 aliphatic rings. The molecule has 0 saturated heterocycles. The highest BCUT2D eigenvalue weighted by Crippen LogP contribution is 2.45. The summed E-state index contributed by atoms with van der Waals surface area (Å²) in [4.78, 5) is 46.6. The van der Waals surface area contributed by atoms with Gasteiger partial charge in [0.2, 0.25) is 5.91 Å². The Morgan fingerprint density at radius 3 is 2.29 bits per heavy atom. The van der Waals surface area contributed by atoms with Crippen LogP contribution in [0.1, 0.15) is 26.9 Å². The lowest BCUT2D eigenvalue weighted by molar-refractivity contribution is -0.124. The van der Waals surface area contributed by atoms with E-state index in [9.17, 15) is 14.4 Å². The number of thioether (sulfide) groups is 1. The summed E-state index contributed by atoms with van der Waals surface area (Å²) in [5.74, 6) is -1.03. The van der Waals surface area contributed by atoms with Crippen molar-refractivity contribution in [2.24, 2.45) is 0 Å². The molecule has 1 aromatic heterocycles. The van der Waals surface area contributed by atoms with Gasteiger partial charge in [-0.3, -0.25) is 14.4 Å². The van der Waals surface area contributed by atoms with Crippen molar-refractivity contribution in [3.8, 4) is 0 Å². The lowest BCUT2D eigenvalue weighted by Crippen LogP contribution is -2.52. The van der Waals surface area contributed by atoms with Crippen LogP contribution in [0.2, 0.25) is 0 Å². The van der Waals surface area contributed by atoms with Gasteiger partial charge in [0.25, 0.3) is 11.8 Å². The summed E-state index contributed by atoms with van der Waals surface area (Å²) in [6, 6.07) is 35.3. The number of amides is 3. The van der Waals surface area contributed by atoms with Crippen molar-refractivity contribution in [3.05, 3.63) is 132 Å². The zero-order valence-corrected chi connectivity index (χ0v) is 22.9. The molecule has 8 heteroatoms. The number of carbonyl (C=O) groups excluding carboxylic acids is 3. The summed E-state index contributed by atoms with van der Waals surface area (Å²) < 4.78 is 0. The molecular weight excluding hydrogens is 532 g/mol. The molecule has 3 amide bonds. The standard InChI is InChI=1S/C33H28N4O3S/c38-29(34-20-22-11-3-1-4-12-22)21-37-27-17-9-10-18-28(27)41-31(23-13-5-2-6-14-23)30(33(37)40)36-32(39)26-19-24-15-7-8-16-25(24)35-26/h1-19,30-31,35H,20-21H2,(H,34,38)(H,36,39)/t30-,31-/m1/s1. The van der Waals surface area contributed by atoms with Crippen LogP contribution in [0.4, 0.5) is 5.69 Å². The molecule has 204 valence electrons. The normalized spacial score (nSPS) is 16.6. The van der Waals surface area contributed by atoms with Crippen LogP contribution < -0.4 is 15.5 Å². The Labute approximate surface area is 242 Å². The fourth-order valence-electron chi connectivity index (χ4n) is 5.02. The first kappa shape index (κ1) is 26.4.